The van der Waals surface area contributed by atoms with Gasteiger partial charge in [-0.25, -0.2) is 0 Å². The van der Waals surface area contributed by atoms with E-state index in [-0.39, 0.29) is 17.7 Å². The molecule has 3 amide bonds. The van der Waals surface area contributed by atoms with Crippen molar-refractivity contribution in [2.45, 2.75) is 27.7 Å². The van der Waals surface area contributed by atoms with Crippen LogP contribution in [0, 0.1) is 13.8 Å². The first-order valence-electron chi connectivity index (χ1n) is 8.79. The normalized spacial score (nSPS) is 10.2. The van der Waals surface area contributed by atoms with Crippen molar-refractivity contribution in [1.82, 2.24) is 5.32 Å². The first-order chi connectivity index (χ1) is 12.8. The lowest BCUT2D eigenvalue weighted by Gasteiger charge is -2.22. The standard InChI is InChI=1S/C21H25N3O3/c1-14-5-6-18(13-15(14)2)21(27)22-11-12-24(17(4)26)20-9-7-19(8-10-20)23-16(3)25/h5-10,13H,11-12H2,1-4H3,(H,22,27)(H,23,25). The van der Waals surface area contributed by atoms with Crippen LogP contribution in [0.4, 0.5) is 11.4 Å². The van der Waals surface area contributed by atoms with E-state index < -0.39 is 0 Å². The lowest BCUT2D eigenvalue weighted by atomic mass is 10.1. The summed E-state index contributed by atoms with van der Waals surface area (Å²) < 4.78 is 0. The Labute approximate surface area is 159 Å². The maximum absolute atomic E-state index is 12.3. The first kappa shape index (κ1) is 20.2. The highest BCUT2D eigenvalue weighted by molar-refractivity contribution is 5.95. The van der Waals surface area contributed by atoms with Crippen LogP contribution in [0.3, 0.4) is 0 Å². The smallest absolute Gasteiger partial charge is 0.251 e. The second-order valence-electron chi connectivity index (χ2n) is 6.45. The van der Waals surface area contributed by atoms with Crippen LogP contribution in [0.2, 0.25) is 0 Å². The largest absolute Gasteiger partial charge is 0.350 e. The number of hydrogen-bond acceptors (Lipinski definition) is 3. The fraction of sp³-hybridized carbons (Fsp3) is 0.286. The zero-order valence-corrected chi connectivity index (χ0v) is 16.1. The monoisotopic (exact) mass is 367 g/mol. The van der Waals surface area contributed by atoms with Crippen molar-refractivity contribution < 1.29 is 14.4 Å². The van der Waals surface area contributed by atoms with E-state index in [1.54, 1.807) is 35.2 Å². The fourth-order valence-corrected chi connectivity index (χ4v) is 2.66. The molecule has 0 aliphatic heterocycles. The Morgan fingerprint density at radius 2 is 1.59 bits per heavy atom. The average molecular weight is 367 g/mol. The number of aryl methyl sites for hydroxylation is 2. The molecule has 27 heavy (non-hydrogen) atoms. The summed E-state index contributed by atoms with van der Waals surface area (Å²) in [5.74, 6) is -0.439. The van der Waals surface area contributed by atoms with Gasteiger partial charge in [-0.3, -0.25) is 14.4 Å². The second-order valence-corrected chi connectivity index (χ2v) is 6.45. The van der Waals surface area contributed by atoms with Crippen LogP contribution in [0.25, 0.3) is 0 Å². The van der Waals surface area contributed by atoms with Gasteiger partial charge >= 0.3 is 0 Å². The van der Waals surface area contributed by atoms with E-state index in [0.717, 1.165) is 11.1 Å². The summed E-state index contributed by atoms with van der Waals surface area (Å²) in [4.78, 5) is 36.9. The maximum Gasteiger partial charge on any atom is 0.251 e. The Hall–Kier alpha value is -3.15. The van der Waals surface area contributed by atoms with E-state index in [9.17, 15) is 14.4 Å². The van der Waals surface area contributed by atoms with E-state index in [1.165, 1.54) is 13.8 Å². The van der Waals surface area contributed by atoms with Crippen LogP contribution in [0.1, 0.15) is 35.3 Å². The predicted molar refractivity (Wildman–Crippen MR) is 107 cm³/mol. The molecule has 0 saturated carbocycles. The Balaban J connectivity index is 1.98. The van der Waals surface area contributed by atoms with Crippen LogP contribution in [-0.4, -0.2) is 30.8 Å². The van der Waals surface area contributed by atoms with E-state index in [2.05, 4.69) is 10.6 Å². The predicted octanol–water partition coefficient (Wildman–Crippen LogP) is 3.04. The van der Waals surface area contributed by atoms with Crippen LogP contribution < -0.4 is 15.5 Å². The fourth-order valence-electron chi connectivity index (χ4n) is 2.66. The number of benzene rings is 2. The van der Waals surface area contributed by atoms with E-state index >= 15 is 0 Å². The van der Waals surface area contributed by atoms with Crippen molar-refractivity contribution in [2.75, 3.05) is 23.3 Å². The quantitative estimate of drug-likeness (QED) is 0.824. The van der Waals surface area contributed by atoms with Gasteiger partial charge in [0, 0.05) is 43.9 Å². The molecule has 6 nitrogen and oxygen atoms in total. The van der Waals surface area contributed by atoms with Gasteiger partial charge in [-0.15, -0.1) is 0 Å². The van der Waals surface area contributed by atoms with E-state index in [0.29, 0.717) is 30.0 Å². The summed E-state index contributed by atoms with van der Waals surface area (Å²) in [7, 11) is 0. The first-order valence-corrected chi connectivity index (χ1v) is 8.79. The van der Waals surface area contributed by atoms with Crippen molar-refractivity contribution in [2.24, 2.45) is 0 Å². The van der Waals surface area contributed by atoms with Gasteiger partial charge in [0.2, 0.25) is 11.8 Å². The minimum absolute atomic E-state index is 0.122. The molecule has 0 heterocycles. The molecular weight excluding hydrogens is 342 g/mol. The molecule has 0 saturated heterocycles. The van der Waals surface area contributed by atoms with Gasteiger partial charge in [-0.05, 0) is 61.4 Å². The van der Waals surface area contributed by atoms with E-state index in [4.69, 9.17) is 0 Å². The summed E-state index contributed by atoms with van der Waals surface area (Å²) in [6.07, 6.45) is 0. The Bertz CT molecular complexity index is 844. The van der Waals surface area contributed by atoms with Gasteiger partial charge in [-0.2, -0.15) is 0 Å². The Morgan fingerprint density at radius 3 is 2.15 bits per heavy atom. The summed E-state index contributed by atoms with van der Waals surface area (Å²) >= 11 is 0. The molecule has 142 valence electrons. The number of carbonyl (C=O) groups excluding carboxylic acids is 3. The number of hydrogen-bond donors (Lipinski definition) is 2. The van der Waals surface area contributed by atoms with Gasteiger partial charge < -0.3 is 15.5 Å². The third-order valence-electron chi connectivity index (χ3n) is 4.27. The molecule has 0 aliphatic carbocycles. The third-order valence-corrected chi connectivity index (χ3v) is 4.27. The molecule has 0 aliphatic rings. The topological polar surface area (TPSA) is 78.5 Å². The van der Waals surface area contributed by atoms with Crippen molar-refractivity contribution in [3.63, 3.8) is 0 Å². The lowest BCUT2D eigenvalue weighted by molar-refractivity contribution is -0.116. The summed E-state index contributed by atoms with van der Waals surface area (Å²) in [5.41, 5.74) is 4.17. The number of amides is 3. The second kappa shape index (κ2) is 8.98. The van der Waals surface area contributed by atoms with Gasteiger partial charge in [-0.1, -0.05) is 6.07 Å². The van der Waals surface area contributed by atoms with Crippen molar-refractivity contribution in [1.29, 1.82) is 0 Å². The number of anilines is 2. The minimum atomic E-state index is -0.164. The minimum Gasteiger partial charge on any atom is -0.350 e. The van der Waals surface area contributed by atoms with Crippen LogP contribution in [-0.2, 0) is 9.59 Å². The van der Waals surface area contributed by atoms with Crippen molar-refractivity contribution >= 4 is 29.1 Å². The Kier molecular flexibility index (Phi) is 6.71. The van der Waals surface area contributed by atoms with Gasteiger partial charge in [0.15, 0.2) is 0 Å². The SMILES string of the molecule is CC(=O)Nc1ccc(N(CCNC(=O)c2ccc(C)c(C)c2)C(C)=O)cc1. The maximum atomic E-state index is 12.3. The van der Waals surface area contributed by atoms with Crippen molar-refractivity contribution in [3.05, 3.63) is 59.2 Å². The summed E-state index contributed by atoms with van der Waals surface area (Å²) in [6.45, 7) is 7.57. The molecule has 0 spiro atoms. The van der Waals surface area contributed by atoms with Crippen LogP contribution in [0.5, 0.6) is 0 Å². The third kappa shape index (κ3) is 5.67. The van der Waals surface area contributed by atoms with Gasteiger partial charge in [0.05, 0.1) is 0 Å². The highest BCUT2D eigenvalue weighted by atomic mass is 16.2. The molecule has 0 bridgehead atoms. The van der Waals surface area contributed by atoms with Gasteiger partial charge in [0.25, 0.3) is 5.91 Å². The number of rotatable bonds is 6. The van der Waals surface area contributed by atoms with Crippen LogP contribution >= 0.6 is 0 Å². The van der Waals surface area contributed by atoms with Crippen LogP contribution in [0.15, 0.2) is 42.5 Å². The molecule has 2 N–H and O–H groups in total. The molecule has 0 atom stereocenters. The number of carbonyl (C=O) groups is 3. The lowest BCUT2D eigenvalue weighted by Crippen LogP contribution is -2.37. The molecule has 0 unspecified atom stereocenters. The Morgan fingerprint density at radius 1 is 0.926 bits per heavy atom. The molecule has 0 fully saturated rings. The molecule has 2 aromatic carbocycles. The van der Waals surface area contributed by atoms with Gasteiger partial charge in [0.1, 0.15) is 0 Å². The number of nitrogens with zero attached hydrogens (tertiary/aromatic N) is 1. The average Bonchev–Trinajstić information content (AvgIpc) is 2.61. The summed E-state index contributed by atoms with van der Waals surface area (Å²) in [5, 5.41) is 5.53. The highest BCUT2D eigenvalue weighted by Gasteiger charge is 2.13. The molecule has 6 heteroatoms. The summed E-state index contributed by atoms with van der Waals surface area (Å²) in [6, 6.07) is 12.6. The molecular formula is C21H25N3O3. The van der Waals surface area contributed by atoms with E-state index in [1.807, 2.05) is 26.0 Å². The molecule has 0 aromatic heterocycles. The number of nitrogens with one attached hydrogen (secondary N) is 2. The molecule has 0 radical (unpaired) electrons. The highest BCUT2D eigenvalue weighted by Crippen LogP contribution is 2.18. The molecule has 2 rings (SSSR count). The van der Waals surface area contributed by atoms with Crippen molar-refractivity contribution in [3.8, 4) is 0 Å². The zero-order valence-electron chi connectivity index (χ0n) is 16.1. The molecule has 2 aromatic rings. The zero-order chi connectivity index (χ0) is 20.0.